The Hall–Kier alpha value is -2.59. The third-order valence-corrected chi connectivity index (χ3v) is 7.00. The third kappa shape index (κ3) is 5.42. The number of nitrogen functional groups attached to an aromatic ring is 1. The molecule has 7 nitrogen and oxygen atoms in total. The summed E-state index contributed by atoms with van der Waals surface area (Å²) in [6.07, 6.45) is 2.60. The first-order valence-electron chi connectivity index (χ1n) is 9.91. The van der Waals surface area contributed by atoms with Gasteiger partial charge in [0.05, 0.1) is 6.54 Å². The SMILES string of the molecule is C/C(=C(CCO)/[SH]=C(\O)c1cccc2c(Br)cccc12)N(C=O)Cc1cnc(C)nc1N. The van der Waals surface area contributed by atoms with Crippen molar-refractivity contribution in [2.75, 3.05) is 12.3 Å². The number of aromatic nitrogens is 2. The van der Waals surface area contributed by atoms with Crippen molar-refractivity contribution < 1.29 is 15.0 Å². The Labute approximate surface area is 198 Å². The van der Waals surface area contributed by atoms with E-state index in [2.05, 4.69) is 25.9 Å². The third-order valence-electron chi connectivity index (χ3n) is 5.03. The molecule has 0 saturated carbocycles. The van der Waals surface area contributed by atoms with Gasteiger partial charge in [0.1, 0.15) is 16.7 Å². The molecule has 0 aliphatic carbocycles. The van der Waals surface area contributed by atoms with Gasteiger partial charge in [0.15, 0.2) is 0 Å². The monoisotopic (exact) mass is 516 g/mol. The molecule has 32 heavy (non-hydrogen) atoms. The molecule has 1 aromatic heterocycles. The van der Waals surface area contributed by atoms with E-state index < -0.39 is 0 Å². The topological polar surface area (TPSA) is 113 Å². The second kappa shape index (κ2) is 10.8. The summed E-state index contributed by atoms with van der Waals surface area (Å²) in [5.74, 6) is 0.867. The largest absolute Gasteiger partial charge is 0.396 e. The number of aliphatic hydroxyl groups excluding tert-OH is 2. The molecule has 1 amide bonds. The van der Waals surface area contributed by atoms with Gasteiger partial charge in [0, 0.05) is 45.4 Å². The first-order chi connectivity index (χ1) is 15.3. The molecule has 3 aromatic rings. The predicted octanol–water partition coefficient (Wildman–Crippen LogP) is 4.06. The van der Waals surface area contributed by atoms with E-state index in [0.717, 1.165) is 20.2 Å². The Morgan fingerprint density at radius 1 is 1.25 bits per heavy atom. The zero-order valence-corrected chi connectivity index (χ0v) is 20.3. The Bertz CT molecular complexity index is 1210. The normalized spacial score (nSPS) is 12.8. The van der Waals surface area contributed by atoms with Gasteiger partial charge in [-0.1, -0.05) is 46.3 Å². The number of hydrogen-bond donors (Lipinski definition) is 4. The summed E-state index contributed by atoms with van der Waals surface area (Å²) in [6, 6.07) is 11.5. The molecule has 168 valence electrons. The maximum Gasteiger partial charge on any atom is 0.214 e. The van der Waals surface area contributed by atoms with Crippen LogP contribution in [0.25, 0.3) is 10.8 Å². The molecule has 0 radical (unpaired) electrons. The Kier molecular flexibility index (Phi) is 8.14. The number of thiol groups is 1. The van der Waals surface area contributed by atoms with Gasteiger partial charge in [-0.05, 0) is 30.7 Å². The maximum absolute atomic E-state index is 11.9. The number of hydrogen-bond acceptors (Lipinski definition) is 5. The number of carbonyl (C=O) groups excluding carboxylic acids is 1. The fraction of sp³-hybridized carbons (Fsp3) is 0.217. The molecule has 3 rings (SSSR count). The van der Waals surface area contributed by atoms with Gasteiger partial charge in [0.2, 0.25) is 6.41 Å². The Balaban J connectivity index is 2.02. The highest BCUT2D eigenvalue weighted by Gasteiger charge is 2.14. The Morgan fingerprint density at radius 2 is 1.97 bits per heavy atom. The van der Waals surface area contributed by atoms with Crippen molar-refractivity contribution in [2.24, 2.45) is 0 Å². The predicted molar refractivity (Wildman–Crippen MR) is 135 cm³/mol. The zero-order valence-electron chi connectivity index (χ0n) is 17.8. The first kappa shape index (κ1) is 24.1. The van der Waals surface area contributed by atoms with Crippen molar-refractivity contribution in [3.63, 3.8) is 0 Å². The number of carbonyl (C=O) groups is 1. The standard InChI is InChI=1S/C23H25BrN4O3S/c1-14(28(13-30)12-16-11-26-15(2)27-22(16)25)21(9-10-29)32-23(31)19-7-3-6-18-17(19)5-4-8-20(18)24/h3-8,11,13,29,31-32H,9-10,12H2,1-2H3,(H2,25,26,27)/b21-14-. The molecular weight excluding hydrogens is 492 g/mol. The zero-order chi connectivity index (χ0) is 23.3. The average Bonchev–Trinajstić information content (AvgIpc) is 2.78. The molecule has 4 N–H and O–H groups in total. The number of halogens is 1. The minimum Gasteiger partial charge on any atom is -0.396 e. The summed E-state index contributed by atoms with van der Waals surface area (Å²) < 4.78 is 0.939. The van der Waals surface area contributed by atoms with Gasteiger partial charge < -0.3 is 20.8 Å². The van der Waals surface area contributed by atoms with E-state index in [0.29, 0.717) is 52.6 Å². The molecule has 0 fully saturated rings. The molecule has 0 saturated heterocycles. The molecule has 0 spiro atoms. The van der Waals surface area contributed by atoms with E-state index in [1.807, 2.05) is 36.4 Å². The highest BCUT2D eigenvalue weighted by molar-refractivity contribution is 9.10. The summed E-state index contributed by atoms with van der Waals surface area (Å²) in [5.41, 5.74) is 7.93. The van der Waals surface area contributed by atoms with E-state index in [1.165, 1.54) is 4.90 Å². The molecule has 0 aliphatic rings. The van der Waals surface area contributed by atoms with Crippen LogP contribution in [0.5, 0.6) is 0 Å². The number of nitrogens with zero attached hydrogens (tertiary/aromatic N) is 3. The van der Waals surface area contributed by atoms with Crippen LogP contribution in [0.2, 0.25) is 0 Å². The average molecular weight is 517 g/mol. The van der Waals surface area contributed by atoms with Crippen LogP contribution in [-0.2, 0) is 11.3 Å². The minimum absolute atomic E-state index is 0.115. The van der Waals surface area contributed by atoms with Crippen molar-refractivity contribution in [2.45, 2.75) is 26.8 Å². The number of benzene rings is 2. The van der Waals surface area contributed by atoms with Crippen LogP contribution in [0, 0.1) is 6.92 Å². The van der Waals surface area contributed by atoms with Crippen molar-refractivity contribution in [3.05, 3.63) is 74.6 Å². The Morgan fingerprint density at radius 3 is 2.66 bits per heavy atom. The minimum atomic E-state index is -0.115. The lowest BCUT2D eigenvalue weighted by Crippen LogP contribution is -2.22. The lowest BCUT2D eigenvalue weighted by molar-refractivity contribution is -0.116. The van der Waals surface area contributed by atoms with Crippen molar-refractivity contribution in [1.82, 2.24) is 14.9 Å². The maximum atomic E-state index is 11.9. The number of rotatable bonds is 8. The lowest BCUT2D eigenvalue weighted by Gasteiger charge is -2.21. The molecule has 9 heteroatoms. The highest BCUT2D eigenvalue weighted by Crippen LogP contribution is 2.29. The van der Waals surface area contributed by atoms with Crippen LogP contribution in [-0.4, -0.2) is 43.1 Å². The van der Waals surface area contributed by atoms with Crippen molar-refractivity contribution >= 4 is 55.3 Å². The van der Waals surface area contributed by atoms with E-state index in [-0.39, 0.29) is 18.2 Å². The van der Waals surface area contributed by atoms with Crippen LogP contribution < -0.4 is 5.73 Å². The first-order valence-corrected chi connectivity index (χ1v) is 11.6. The van der Waals surface area contributed by atoms with Gasteiger partial charge in [-0.15, -0.1) is 11.4 Å². The molecule has 2 aromatic carbocycles. The summed E-state index contributed by atoms with van der Waals surface area (Å²) in [7, 11) is 0. The van der Waals surface area contributed by atoms with Gasteiger partial charge in [-0.3, -0.25) is 4.79 Å². The number of fused-ring (bicyclic) bond motifs is 1. The number of amides is 1. The van der Waals surface area contributed by atoms with Crippen LogP contribution in [0.1, 0.15) is 30.3 Å². The number of allylic oxidation sites excluding steroid dienone is 1. The van der Waals surface area contributed by atoms with Gasteiger partial charge in [0.25, 0.3) is 0 Å². The fourth-order valence-electron chi connectivity index (χ4n) is 3.30. The molecule has 0 bridgehead atoms. The van der Waals surface area contributed by atoms with Crippen LogP contribution in [0.3, 0.4) is 0 Å². The number of aliphatic hydroxyl groups is 2. The van der Waals surface area contributed by atoms with E-state index in [1.54, 1.807) is 20.0 Å². The number of anilines is 1. The summed E-state index contributed by atoms with van der Waals surface area (Å²) in [4.78, 5) is 22.4. The van der Waals surface area contributed by atoms with E-state index >= 15 is 0 Å². The summed E-state index contributed by atoms with van der Waals surface area (Å²) in [5, 5.41) is 22.6. The summed E-state index contributed by atoms with van der Waals surface area (Å²) in [6.45, 7) is 3.60. The fourth-order valence-corrected chi connectivity index (χ4v) is 4.87. The molecule has 1 heterocycles. The van der Waals surface area contributed by atoms with Crippen LogP contribution in [0.15, 0.2) is 57.7 Å². The van der Waals surface area contributed by atoms with Gasteiger partial charge in [-0.2, -0.15) is 0 Å². The second-order valence-corrected chi connectivity index (χ2v) is 9.18. The van der Waals surface area contributed by atoms with E-state index in [4.69, 9.17) is 5.73 Å². The van der Waals surface area contributed by atoms with Gasteiger partial charge in [-0.25, -0.2) is 9.97 Å². The molecular formula is C23H25BrN4O3S. The highest BCUT2D eigenvalue weighted by atomic mass is 79.9. The van der Waals surface area contributed by atoms with Crippen LogP contribution in [0.4, 0.5) is 5.82 Å². The van der Waals surface area contributed by atoms with E-state index in [9.17, 15) is 15.0 Å². The molecule has 0 atom stereocenters. The second-order valence-electron chi connectivity index (χ2n) is 7.14. The quantitative estimate of drug-likeness (QED) is 0.204. The van der Waals surface area contributed by atoms with Crippen LogP contribution >= 0.6 is 27.3 Å². The lowest BCUT2D eigenvalue weighted by atomic mass is 10.1. The number of aryl methyl sites for hydroxylation is 1. The summed E-state index contributed by atoms with van der Waals surface area (Å²) >= 11 is 4.05. The van der Waals surface area contributed by atoms with Crippen molar-refractivity contribution in [3.8, 4) is 0 Å². The number of nitrogens with two attached hydrogens (primary N) is 1. The smallest absolute Gasteiger partial charge is 0.214 e. The van der Waals surface area contributed by atoms with Crippen molar-refractivity contribution in [1.29, 1.82) is 0 Å². The molecule has 0 unspecified atom stereocenters. The van der Waals surface area contributed by atoms with Gasteiger partial charge >= 0.3 is 0 Å². The molecule has 0 aliphatic heterocycles.